The fourth-order valence-corrected chi connectivity index (χ4v) is 3.09. The molecule has 70 valence electrons. The van der Waals surface area contributed by atoms with E-state index < -0.39 is 0 Å². The van der Waals surface area contributed by atoms with E-state index in [1.54, 1.807) is 0 Å². The Kier molecular flexibility index (Phi) is 2.69. The van der Waals surface area contributed by atoms with Crippen LogP contribution in [-0.2, 0) is 0 Å². The molecular weight excluding hydrogens is 146 g/mol. The average molecular weight is 167 g/mol. The van der Waals surface area contributed by atoms with Crippen molar-refractivity contribution >= 4 is 0 Å². The van der Waals surface area contributed by atoms with Gasteiger partial charge in [0.05, 0.1) is 0 Å². The van der Waals surface area contributed by atoms with Crippen LogP contribution in [0.25, 0.3) is 0 Å². The van der Waals surface area contributed by atoms with E-state index in [0.29, 0.717) is 0 Å². The van der Waals surface area contributed by atoms with Crippen LogP contribution in [0.1, 0.15) is 45.4 Å². The molecule has 2 aliphatic rings. The van der Waals surface area contributed by atoms with Gasteiger partial charge in [-0.25, -0.2) is 0 Å². The van der Waals surface area contributed by atoms with Crippen LogP contribution in [0.5, 0.6) is 0 Å². The molecular formula is C11H21N. The molecule has 0 amide bonds. The van der Waals surface area contributed by atoms with Gasteiger partial charge in [-0.2, -0.15) is 0 Å². The lowest BCUT2D eigenvalue weighted by Gasteiger charge is -2.29. The third kappa shape index (κ3) is 1.66. The molecule has 0 radical (unpaired) electrons. The van der Waals surface area contributed by atoms with Crippen molar-refractivity contribution in [3.63, 3.8) is 0 Å². The average Bonchev–Trinajstić information content (AvgIpc) is 2.53. The fraction of sp³-hybridized carbons (Fsp3) is 1.00. The molecule has 0 aromatic heterocycles. The maximum atomic E-state index is 3.57. The number of hydrogen-bond acceptors (Lipinski definition) is 1. The molecule has 1 aliphatic carbocycles. The van der Waals surface area contributed by atoms with Crippen molar-refractivity contribution in [3.05, 3.63) is 0 Å². The first-order chi connectivity index (χ1) is 5.88. The van der Waals surface area contributed by atoms with E-state index in [-0.39, 0.29) is 0 Å². The summed E-state index contributed by atoms with van der Waals surface area (Å²) in [5.41, 5.74) is 0. The number of rotatable bonds is 1. The minimum Gasteiger partial charge on any atom is -0.314 e. The van der Waals surface area contributed by atoms with E-state index >= 15 is 0 Å². The minimum absolute atomic E-state index is 0.799. The van der Waals surface area contributed by atoms with Gasteiger partial charge < -0.3 is 5.32 Å². The van der Waals surface area contributed by atoms with Gasteiger partial charge >= 0.3 is 0 Å². The zero-order valence-electron chi connectivity index (χ0n) is 8.18. The highest BCUT2D eigenvalue weighted by atomic mass is 14.9. The molecule has 1 saturated heterocycles. The molecule has 1 nitrogen and oxygen atoms in total. The summed E-state index contributed by atoms with van der Waals surface area (Å²) in [6.07, 6.45) is 8.94. The van der Waals surface area contributed by atoms with Crippen LogP contribution in [0.4, 0.5) is 0 Å². The Hall–Kier alpha value is -0.0400. The third-order valence-electron chi connectivity index (χ3n) is 3.84. The first kappa shape index (κ1) is 8.55. The van der Waals surface area contributed by atoms with Gasteiger partial charge in [0, 0.05) is 6.04 Å². The van der Waals surface area contributed by atoms with Crippen molar-refractivity contribution in [2.45, 2.75) is 51.5 Å². The van der Waals surface area contributed by atoms with Gasteiger partial charge in [-0.1, -0.05) is 32.1 Å². The lowest BCUT2D eigenvalue weighted by atomic mass is 9.77. The summed E-state index contributed by atoms with van der Waals surface area (Å²) in [6, 6.07) is 0.799. The maximum absolute atomic E-state index is 3.57. The summed E-state index contributed by atoms with van der Waals surface area (Å²) in [5.74, 6) is 2.06. The first-order valence-electron chi connectivity index (χ1n) is 5.61. The normalized spacial score (nSPS) is 38.8. The Morgan fingerprint density at radius 3 is 2.33 bits per heavy atom. The Morgan fingerprint density at radius 1 is 1.00 bits per heavy atom. The van der Waals surface area contributed by atoms with Crippen LogP contribution in [0.15, 0.2) is 0 Å². The van der Waals surface area contributed by atoms with Gasteiger partial charge in [0.25, 0.3) is 0 Å². The van der Waals surface area contributed by atoms with Crippen LogP contribution < -0.4 is 5.32 Å². The van der Waals surface area contributed by atoms with E-state index in [2.05, 4.69) is 12.2 Å². The molecule has 0 spiro atoms. The van der Waals surface area contributed by atoms with E-state index in [9.17, 15) is 0 Å². The van der Waals surface area contributed by atoms with Crippen molar-refractivity contribution in [3.8, 4) is 0 Å². The Bertz CT molecular complexity index is 138. The third-order valence-corrected chi connectivity index (χ3v) is 3.84. The van der Waals surface area contributed by atoms with Crippen molar-refractivity contribution in [1.82, 2.24) is 5.32 Å². The first-order valence-corrected chi connectivity index (χ1v) is 5.61. The number of nitrogens with one attached hydrogen (secondary N) is 1. The highest BCUT2D eigenvalue weighted by Crippen LogP contribution is 2.35. The monoisotopic (exact) mass is 167 g/mol. The van der Waals surface area contributed by atoms with Gasteiger partial charge in [-0.05, 0) is 31.7 Å². The zero-order valence-corrected chi connectivity index (χ0v) is 8.18. The minimum atomic E-state index is 0.799. The predicted molar refractivity (Wildman–Crippen MR) is 52.1 cm³/mol. The zero-order chi connectivity index (χ0) is 8.39. The Labute approximate surface area is 75.9 Å². The molecule has 1 N–H and O–H groups in total. The number of hydrogen-bond donors (Lipinski definition) is 1. The molecule has 0 aromatic rings. The second kappa shape index (κ2) is 3.78. The maximum Gasteiger partial charge on any atom is 0.00701 e. The van der Waals surface area contributed by atoms with Crippen LogP contribution >= 0.6 is 0 Å². The quantitative estimate of drug-likeness (QED) is 0.633. The van der Waals surface area contributed by atoms with E-state index in [1.807, 2.05) is 0 Å². The summed E-state index contributed by atoms with van der Waals surface area (Å²) in [7, 11) is 0. The van der Waals surface area contributed by atoms with Crippen LogP contribution in [0.3, 0.4) is 0 Å². The topological polar surface area (TPSA) is 12.0 Å². The molecule has 12 heavy (non-hydrogen) atoms. The van der Waals surface area contributed by atoms with Crippen molar-refractivity contribution in [2.75, 3.05) is 6.54 Å². The lowest BCUT2D eigenvalue weighted by molar-refractivity contribution is 0.235. The largest absolute Gasteiger partial charge is 0.314 e. The summed E-state index contributed by atoms with van der Waals surface area (Å²) in [5, 5.41) is 3.57. The second-order valence-corrected chi connectivity index (χ2v) is 4.59. The smallest absolute Gasteiger partial charge is 0.00701 e. The van der Waals surface area contributed by atoms with Crippen LogP contribution in [0, 0.1) is 11.8 Å². The highest BCUT2D eigenvalue weighted by Gasteiger charge is 2.30. The molecule has 2 rings (SSSR count). The van der Waals surface area contributed by atoms with E-state index in [1.165, 1.54) is 45.1 Å². The van der Waals surface area contributed by atoms with Crippen molar-refractivity contribution in [2.24, 2.45) is 11.8 Å². The Morgan fingerprint density at radius 2 is 1.75 bits per heavy atom. The molecule has 1 aliphatic heterocycles. The summed E-state index contributed by atoms with van der Waals surface area (Å²) >= 11 is 0. The molecule has 0 unspecified atom stereocenters. The molecule has 2 fully saturated rings. The van der Waals surface area contributed by atoms with Gasteiger partial charge in [0.15, 0.2) is 0 Å². The molecule has 1 heterocycles. The second-order valence-electron chi connectivity index (χ2n) is 4.59. The molecule has 2 atom stereocenters. The summed E-state index contributed by atoms with van der Waals surface area (Å²) in [4.78, 5) is 0. The highest BCUT2D eigenvalue weighted by molar-refractivity contribution is 4.86. The standard InChI is InChI=1S/C11H21N/c1-9-11(7-8-12-9)10-5-3-2-4-6-10/h9-12H,2-8H2,1H3/t9-,11-/m1/s1. The molecule has 1 saturated carbocycles. The van der Waals surface area contributed by atoms with Gasteiger partial charge in [-0.3, -0.25) is 0 Å². The predicted octanol–water partition coefficient (Wildman–Crippen LogP) is 2.56. The van der Waals surface area contributed by atoms with Crippen LogP contribution in [-0.4, -0.2) is 12.6 Å². The SMILES string of the molecule is C[C@H]1NCC[C@H]1C1CCCCC1. The van der Waals surface area contributed by atoms with Crippen molar-refractivity contribution in [1.29, 1.82) is 0 Å². The molecule has 0 bridgehead atoms. The van der Waals surface area contributed by atoms with Gasteiger partial charge in [0.2, 0.25) is 0 Å². The summed E-state index contributed by atoms with van der Waals surface area (Å²) < 4.78 is 0. The summed E-state index contributed by atoms with van der Waals surface area (Å²) in [6.45, 7) is 3.63. The van der Waals surface area contributed by atoms with Crippen LogP contribution in [0.2, 0.25) is 0 Å². The lowest BCUT2D eigenvalue weighted by Crippen LogP contribution is -2.29. The Balaban J connectivity index is 1.89. The molecule has 1 heteroatoms. The van der Waals surface area contributed by atoms with Gasteiger partial charge in [-0.15, -0.1) is 0 Å². The molecule has 0 aromatic carbocycles. The van der Waals surface area contributed by atoms with Crippen molar-refractivity contribution < 1.29 is 0 Å². The van der Waals surface area contributed by atoms with Gasteiger partial charge in [0.1, 0.15) is 0 Å². The van der Waals surface area contributed by atoms with E-state index in [4.69, 9.17) is 0 Å². The van der Waals surface area contributed by atoms with E-state index in [0.717, 1.165) is 17.9 Å². The fourth-order valence-electron chi connectivity index (χ4n) is 3.09.